The molecule has 2 aromatic carbocycles. The van der Waals surface area contributed by atoms with Crippen LogP contribution in [0.3, 0.4) is 0 Å². The number of halogens is 2. The fourth-order valence-electron chi connectivity index (χ4n) is 3.07. The van der Waals surface area contributed by atoms with Crippen molar-refractivity contribution in [3.05, 3.63) is 63.1 Å². The molecule has 0 saturated carbocycles. The highest BCUT2D eigenvalue weighted by Crippen LogP contribution is 2.20. The SMILES string of the molecule is Cc1cc(Br)ccc1NC(=O)CN1CCN(C(=O)c2cccc(Cl)c2)CC1. The summed E-state index contributed by atoms with van der Waals surface area (Å²) in [5.74, 6) is -0.0675. The Balaban J connectivity index is 1.50. The van der Waals surface area contributed by atoms with Crippen LogP contribution in [0, 0.1) is 6.92 Å². The summed E-state index contributed by atoms with van der Waals surface area (Å²) in [6, 6.07) is 12.7. The molecule has 2 amide bonds. The predicted molar refractivity (Wildman–Crippen MR) is 111 cm³/mol. The number of nitrogens with one attached hydrogen (secondary N) is 1. The van der Waals surface area contributed by atoms with Gasteiger partial charge >= 0.3 is 0 Å². The van der Waals surface area contributed by atoms with Gasteiger partial charge in [-0.3, -0.25) is 14.5 Å². The number of hydrogen-bond acceptors (Lipinski definition) is 3. The Labute approximate surface area is 172 Å². The average molecular weight is 451 g/mol. The van der Waals surface area contributed by atoms with E-state index in [0.29, 0.717) is 43.3 Å². The molecule has 3 rings (SSSR count). The van der Waals surface area contributed by atoms with E-state index in [0.717, 1.165) is 15.7 Å². The van der Waals surface area contributed by atoms with Crippen LogP contribution in [0.5, 0.6) is 0 Å². The number of aryl methyl sites for hydroxylation is 1. The lowest BCUT2D eigenvalue weighted by Crippen LogP contribution is -2.50. The van der Waals surface area contributed by atoms with Crippen LogP contribution in [0.4, 0.5) is 5.69 Å². The first-order valence-corrected chi connectivity index (χ1v) is 9.92. The molecule has 0 unspecified atom stereocenters. The van der Waals surface area contributed by atoms with Crippen LogP contribution in [-0.4, -0.2) is 54.3 Å². The van der Waals surface area contributed by atoms with Gasteiger partial charge in [-0.05, 0) is 48.9 Å². The van der Waals surface area contributed by atoms with E-state index in [-0.39, 0.29) is 11.8 Å². The number of rotatable bonds is 4. The molecule has 1 fully saturated rings. The number of benzene rings is 2. The number of carbonyl (C=O) groups is 2. The summed E-state index contributed by atoms with van der Waals surface area (Å²) in [4.78, 5) is 28.8. The van der Waals surface area contributed by atoms with Crippen molar-refractivity contribution in [2.24, 2.45) is 0 Å². The second-order valence-electron chi connectivity index (χ2n) is 6.59. The minimum Gasteiger partial charge on any atom is -0.336 e. The highest BCUT2D eigenvalue weighted by molar-refractivity contribution is 9.10. The Bertz CT molecular complexity index is 851. The molecular weight excluding hydrogens is 430 g/mol. The molecule has 1 aliphatic rings. The first-order valence-electron chi connectivity index (χ1n) is 8.75. The van der Waals surface area contributed by atoms with Gasteiger partial charge in [0.05, 0.1) is 6.54 Å². The fourth-order valence-corrected chi connectivity index (χ4v) is 3.74. The maximum absolute atomic E-state index is 12.6. The number of amides is 2. The predicted octanol–water partition coefficient (Wildman–Crippen LogP) is 3.81. The molecule has 1 aliphatic heterocycles. The second-order valence-corrected chi connectivity index (χ2v) is 7.94. The topological polar surface area (TPSA) is 52.7 Å². The molecule has 5 nitrogen and oxygen atoms in total. The lowest BCUT2D eigenvalue weighted by Gasteiger charge is -2.34. The molecule has 142 valence electrons. The Hall–Kier alpha value is -1.89. The largest absolute Gasteiger partial charge is 0.336 e. The highest BCUT2D eigenvalue weighted by Gasteiger charge is 2.23. The third-order valence-corrected chi connectivity index (χ3v) is 5.29. The Kier molecular flexibility index (Phi) is 6.52. The molecule has 1 heterocycles. The molecule has 0 spiro atoms. The molecule has 0 aliphatic carbocycles. The van der Waals surface area contributed by atoms with Gasteiger partial charge in [-0.15, -0.1) is 0 Å². The van der Waals surface area contributed by atoms with Gasteiger partial charge in [0.1, 0.15) is 0 Å². The van der Waals surface area contributed by atoms with E-state index in [4.69, 9.17) is 11.6 Å². The molecule has 1 N–H and O–H groups in total. The van der Waals surface area contributed by atoms with Crippen molar-refractivity contribution >= 4 is 45.0 Å². The second kappa shape index (κ2) is 8.87. The summed E-state index contributed by atoms with van der Waals surface area (Å²) in [7, 11) is 0. The highest BCUT2D eigenvalue weighted by atomic mass is 79.9. The van der Waals surface area contributed by atoms with Gasteiger partial charge in [0.15, 0.2) is 0 Å². The zero-order valence-corrected chi connectivity index (χ0v) is 17.4. The zero-order valence-electron chi connectivity index (χ0n) is 15.0. The zero-order chi connectivity index (χ0) is 19.4. The summed E-state index contributed by atoms with van der Waals surface area (Å²) in [6.07, 6.45) is 0. The quantitative estimate of drug-likeness (QED) is 0.771. The van der Waals surface area contributed by atoms with E-state index >= 15 is 0 Å². The van der Waals surface area contributed by atoms with E-state index in [9.17, 15) is 9.59 Å². The fraction of sp³-hybridized carbons (Fsp3) is 0.300. The number of piperazine rings is 1. The van der Waals surface area contributed by atoms with E-state index in [1.165, 1.54) is 0 Å². The van der Waals surface area contributed by atoms with Crippen molar-refractivity contribution in [2.45, 2.75) is 6.92 Å². The van der Waals surface area contributed by atoms with Gasteiger partial charge < -0.3 is 10.2 Å². The van der Waals surface area contributed by atoms with Crippen molar-refractivity contribution in [3.8, 4) is 0 Å². The number of nitrogens with zero attached hydrogens (tertiary/aromatic N) is 2. The van der Waals surface area contributed by atoms with Gasteiger partial charge in [0, 0.05) is 46.9 Å². The molecule has 0 atom stereocenters. The summed E-state index contributed by atoms with van der Waals surface area (Å²) >= 11 is 9.39. The summed E-state index contributed by atoms with van der Waals surface area (Å²) in [5.41, 5.74) is 2.42. The molecule has 27 heavy (non-hydrogen) atoms. The maximum atomic E-state index is 12.6. The summed E-state index contributed by atoms with van der Waals surface area (Å²) in [6.45, 7) is 4.79. The van der Waals surface area contributed by atoms with E-state index in [1.807, 2.05) is 25.1 Å². The third kappa shape index (κ3) is 5.31. The lowest BCUT2D eigenvalue weighted by molar-refractivity contribution is -0.117. The van der Waals surface area contributed by atoms with Crippen molar-refractivity contribution < 1.29 is 9.59 Å². The molecule has 1 saturated heterocycles. The van der Waals surface area contributed by atoms with Crippen molar-refractivity contribution in [1.29, 1.82) is 0 Å². The van der Waals surface area contributed by atoms with Gasteiger partial charge in [-0.25, -0.2) is 0 Å². The van der Waals surface area contributed by atoms with Gasteiger partial charge in [-0.1, -0.05) is 33.6 Å². The van der Waals surface area contributed by atoms with Crippen LogP contribution in [0.15, 0.2) is 46.9 Å². The van der Waals surface area contributed by atoms with E-state index < -0.39 is 0 Å². The molecule has 0 radical (unpaired) electrons. The van der Waals surface area contributed by atoms with Crippen molar-refractivity contribution in [1.82, 2.24) is 9.80 Å². The number of hydrogen-bond donors (Lipinski definition) is 1. The Morgan fingerprint density at radius 1 is 1.11 bits per heavy atom. The molecule has 0 bridgehead atoms. The smallest absolute Gasteiger partial charge is 0.253 e. The van der Waals surface area contributed by atoms with Crippen molar-refractivity contribution in [3.63, 3.8) is 0 Å². The van der Waals surface area contributed by atoms with Crippen LogP contribution in [0.25, 0.3) is 0 Å². The van der Waals surface area contributed by atoms with E-state index in [2.05, 4.69) is 26.1 Å². The molecular formula is C20H21BrClN3O2. The minimum absolute atomic E-state index is 0.0212. The standard InChI is InChI=1S/C20H21BrClN3O2/c1-14-11-16(21)5-6-18(14)23-19(26)13-24-7-9-25(10-8-24)20(27)15-3-2-4-17(22)12-15/h2-6,11-12H,7-10,13H2,1H3,(H,23,26). The molecule has 7 heteroatoms. The van der Waals surface area contributed by atoms with Crippen LogP contribution in [0.2, 0.25) is 5.02 Å². The number of carbonyl (C=O) groups excluding carboxylic acids is 2. The molecule has 0 aromatic heterocycles. The summed E-state index contributed by atoms with van der Waals surface area (Å²) in [5, 5.41) is 3.51. The first kappa shape index (κ1) is 19.9. The van der Waals surface area contributed by atoms with Gasteiger partial charge in [-0.2, -0.15) is 0 Å². The lowest BCUT2D eigenvalue weighted by atomic mass is 10.2. The van der Waals surface area contributed by atoms with Gasteiger partial charge in [0.25, 0.3) is 5.91 Å². The monoisotopic (exact) mass is 449 g/mol. The minimum atomic E-state index is -0.0463. The summed E-state index contributed by atoms with van der Waals surface area (Å²) < 4.78 is 0.985. The van der Waals surface area contributed by atoms with E-state index in [1.54, 1.807) is 29.2 Å². The molecule has 2 aromatic rings. The normalized spacial score (nSPS) is 14.9. The van der Waals surface area contributed by atoms with Crippen LogP contribution in [0.1, 0.15) is 15.9 Å². The third-order valence-electron chi connectivity index (χ3n) is 4.56. The van der Waals surface area contributed by atoms with Crippen LogP contribution >= 0.6 is 27.5 Å². The Morgan fingerprint density at radius 3 is 2.52 bits per heavy atom. The van der Waals surface area contributed by atoms with Gasteiger partial charge in [0.2, 0.25) is 5.91 Å². The van der Waals surface area contributed by atoms with Crippen molar-refractivity contribution in [2.75, 3.05) is 38.0 Å². The van der Waals surface area contributed by atoms with Crippen LogP contribution in [-0.2, 0) is 4.79 Å². The van der Waals surface area contributed by atoms with Crippen LogP contribution < -0.4 is 5.32 Å². The average Bonchev–Trinajstić information content (AvgIpc) is 2.64. The number of anilines is 1. The Morgan fingerprint density at radius 2 is 1.85 bits per heavy atom. The first-order chi connectivity index (χ1) is 12.9. The maximum Gasteiger partial charge on any atom is 0.253 e.